The molecule has 1 amide bonds. The SMILES string of the molecule is N#Cc1ccc(CCNC(=O)C2CCCN2c2cc(N3CCC(CO)CC3)nc(C(F)(F)F)n2)cc1. The second-order valence-electron chi connectivity index (χ2n) is 9.22. The van der Waals surface area contributed by atoms with Crippen LogP contribution < -0.4 is 15.1 Å². The minimum Gasteiger partial charge on any atom is -0.396 e. The van der Waals surface area contributed by atoms with Crippen LogP contribution in [0.15, 0.2) is 30.3 Å². The molecule has 2 fully saturated rings. The molecule has 0 radical (unpaired) electrons. The highest BCUT2D eigenvalue weighted by Crippen LogP contribution is 2.33. The highest BCUT2D eigenvalue weighted by Gasteiger charge is 2.38. The van der Waals surface area contributed by atoms with Gasteiger partial charge in [-0.1, -0.05) is 12.1 Å². The van der Waals surface area contributed by atoms with Crippen molar-refractivity contribution in [3.05, 3.63) is 47.3 Å². The number of hydrogen-bond acceptors (Lipinski definition) is 7. The van der Waals surface area contributed by atoms with E-state index >= 15 is 0 Å². The second-order valence-corrected chi connectivity index (χ2v) is 9.22. The van der Waals surface area contributed by atoms with Crippen LogP contribution in [0.5, 0.6) is 0 Å². The van der Waals surface area contributed by atoms with Crippen molar-refractivity contribution in [2.24, 2.45) is 5.92 Å². The first kappa shape index (κ1) is 25.7. The standard InChI is InChI=1S/C25H29F3N6O2/c26-25(27,28)24-31-21(33-12-8-19(16-35)9-13-33)14-22(32-24)34-11-1-2-20(34)23(36)30-10-7-17-3-5-18(15-29)6-4-17/h3-6,14,19-20,35H,1-2,7-13,16H2,(H,30,36). The molecule has 2 aliphatic rings. The molecule has 11 heteroatoms. The zero-order valence-corrected chi connectivity index (χ0v) is 19.8. The van der Waals surface area contributed by atoms with Crippen molar-refractivity contribution >= 4 is 17.5 Å². The van der Waals surface area contributed by atoms with E-state index in [1.807, 2.05) is 12.1 Å². The number of aliphatic hydroxyl groups excluding tert-OH is 1. The lowest BCUT2D eigenvalue weighted by Gasteiger charge is -2.33. The number of carbonyl (C=O) groups is 1. The molecule has 0 spiro atoms. The fraction of sp³-hybridized carbons (Fsp3) is 0.520. The third-order valence-electron chi connectivity index (χ3n) is 6.80. The van der Waals surface area contributed by atoms with Crippen LogP contribution in [-0.4, -0.2) is 59.8 Å². The summed E-state index contributed by atoms with van der Waals surface area (Å²) in [5.74, 6) is -1.04. The summed E-state index contributed by atoms with van der Waals surface area (Å²) in [5, 5.41) is 21.2. The number of hydrogen-bond donors (Lipinski definition) is 2. The molecule has 36 heavy (non-hydrogen) atoms. The average Bonchev–Trinajstić information content (AvgIpc) is 3.39. The number of amides is 1. The van der Waals surface area contributed by atoms with Gasteiger partial charge in [-0.15, -0.1) is 0 Å². The Morgan fingerprint density at radius 1 is 1.11 bits per heavy atom. The summed E-state index contributed by atoms with van der Waals surface area (Å²) in [7, 11) is 0. The van der Waals surface area contributed by atoms with Gasteiger partial charge in [0.25, 0.3) is 0 Å². The van der Waals surface area contributed by atoms with Crippen LogP contribution in [-0.2, 0) is 17.4 Å². The molecule has 0 aliphatic carbocycles. The van der Waals surface area contributed by atoms with Gasteiger partial charge in [0.2, 0.25) is 11.7 Å². The number of benzene rings is 1. The Balaban J connectivity index is 1.47. The molecule has 0 saturated carbocycles. The van der Waals surface area contributed by atoms with Gasteiger partial charge >= 0.3 is 6.18 Å². The van der Waals surface area contributed by atoms with Gasteiger partial charge in [0.05, 0.1) is 11.6 Å². The smallest absolute Gasteiger partial charge is 0.396 e. The number of piperidine rings is 1. The van der Waals surface area contributed by atoms with Crippen LogP contribution in [0.1, 0.15) is 42.6 Å². The maximum Gasteiger partial charge on any atom is 0.451 e. The van der Waals surface area contributed by atoms with E-state index in [4.69, 9.17) is 5.26 Å². The van der Waals surface area contributed by atoms with E-state index in [0.717, 1.165) is 5.56 Å². The highest BCUT2D eigenvalue weighted by atomic mass is 19.4. The highest BCUT2D eigenvalue weighted by molar-refractivity contribution is 5.85. The molecule has 8 nitrogen and oxygen atoms in total. The quantitative estimate of drug-likeness (QED) is 0.600. The summed E-state index contributed by atoms with van der Waals surface area (Å²) >= 11 is 0. The molecule has 2 aromatic rings. The number of alkyl halides is 3. The Kier molecular flexibility index (Phi) is 7.94. The van der Waals surface area contributed by atoms with Gasteiger partial charge < -0.3 is 20.2 Å². The van der Waals surface area contributed by atoms with Gasteiger partial charge in [-0.25, -0.2) is 9.97 Å². The monoisotopic (exact) mass is 502 g/mol. The van der Waals surface area contributed by atoms with Crippen LogP contribution in [0.25, 0.3) is 0 Å². The number of rotatable bonds is 7. The predicted octanol–water partition coefficient (Wildman–Crippen LogP) is 2.90. The van der Waals surface area contributed by atoms with E-state index in [2.05, 4.69) is 21.4 Å². The number of carbonyl (C=O) groups excluding carboxylic acids is 1. The molecular weight excluding hydrogens is 473 g/mol. The summed E-state index contributed by atoms with van der Waals surface area (Å²) in [6.07, 6.45) is -1.62. The molecule has 1 unspecified atom stereocenters. The summed E-state index contributed by atoms with van der Waals surface area (Å²) < 4.78 is 41.0. The molecule has 192 valence electrons. The molecule has 3 heterocycles. The molecule has 2 N–H and O–H groups in total. The molecular formula is C25H29F3N6O2. The Labute approximate surface area is 207 Å². The fourth-order valence-electron chi connectivity index (χ4n) is 4.71. The number of nitrogens with one attached hydrogen (secondary N) is 1. The number of aromatic nitrogens is 2. The number of aliphatic hydroxyl groups is 1. The van der Waals surface area contributed by atoms with E-state index in [1.54, 1.807) is 21.9 Å². The average molecular weight is 503 g/mol. The van der Waals surface area contributed by atoms with Crippen LogP contribution in [0.2, 0.25) is 0 Å². The van der Waals surface area contributed by atoms with Crippen molar-refractivity contribution in [1.29, 1.82) is 5.26 Å². The minimum absolute atomic E-state index is 0.0619. The number of nitriles is 1. The number of nitrogens with zero attached hydrogens (tertiary/aromatic N) is 5. The van der Waals surface area contributed by atoms with Crippen molar-refractivity contribution in [1.82, 2.24) is 15.3 Å². The first-order valence-electron chi connectivity index (χ1n) is 12.1. The zero-order valence-electron chi connectivity index (χ0n) is 19.8. The first-order chi connectivity index (χ1) is 17.3. The van der Waals surface area contributed by atoms with Crippen molar-refractivity contribution in [3.63, 3.8) is 0 Å². The van der Waals surface area contributed by atoms with Crippen LogP contribution in [0.3, 0.4) is 0 Å². The maximum atomic E-state index is 13.7. The molecule has 2 saturated heterocycles. The lowest BCUT2D eigenvalue weighted by Crippen LogP contribution is -2.44. The lowest BCUT2D eigenvalue weighted by atomic mass is 9.98. The van der Waals surface area contributed by atoms with Crippen LogP contribution in [0.4, 0.5) is 24.8 Å². The van der Waals surface area contributed by atoms with Crippen molar-refractivity contribution < 1.29 is 23.1 Å². The molecule has 4 rings (SSSR count). The first-order valence-corrected chi connectivity index (χ1v) is 12.1. The topological polar surface area (TPSA) is 105 Å². The van der Waals surface area contributed by atoms with Crippen LogP contribution in [0, 0.1) is 17.2 Å². The van der Waals surface area contributed by atoms with Gasteiger partial charge in [-0.2, -0.15) is 18.4 Å². The normalized spacial score (nSPS) is 18.8. The summed E-state index contributed by atoms with van der Waals surface area (Å²) in [6.45, 7) is 1.86. The van der Waals surface area contributed by atoms with Gasteiger partial charge in [0.1, 0.15) is 17.7 Å². The minimum atomic E-state index is -4.72. The third-order valence-corrected chi connectivity index (χ3v) is 6.80. The van der Waals surface area contributed by atoms with Gasteiger partial charge in [0, 0.05) is 38.9 Å². The number of anilines is 2. The maximum absolute atomic E-state index is 13.7. The van der Waals surface area contributed by atoms with Gasteiger partial charge in [0.15, 0.2) is 0 Å². The van der Waals surface area contributed by atoms with Crippen LogP contribution >= 0.6 is 0 Å². The van der Waals surface area contributed by atoms with Gasteiger partial charge in [-0.3, -0.25) is 4.79 Å². The van der Waals surface area contributed by atoms with Crippen molar-refractivity contribution in [2.45, 2.75) is 44.3 Å². The molecule has 2 aliphatic heterocycles. The van der Waals surface area contributed by atoms with E-state index in [-0.39, 0.29) is 30.1 Å². The fourth-order valence-corrected chi connectivity index (χ4v) is 4.71. The summed E-state index contributed by atoms with van der Waals surface area (Å²) in [5.41, 5.74) is 1.53. The second kappa shape index (κ2) is 11.1. The number of halogens is 3. The molecule has 1 atom stereocenters. The Hall–Kier alpha value is -3.39. The zero-order chi connectivity index (χ0) is 25.7. The molecule has 1 aromatic heterocycles. The van der Waals surface area contributed by atoms with Crippen molar-refractivity contribution in [3.8, 4) is 6.07 Å². The van der Waals surface area contributed by atoms with E-state index in [9.17, 15) is 23.1 Å². The largest absolute Gasteiger partial charge is 0.451 e. The van der Waals surface area contributed by atoms with E-state index in [0.29, 0.717) is 63.8 Å². The predicted molar refractivity (Wildman–Crippen MR) is 127 cm³/mol. The van der Waals surface area contributed by atoms with E-state index < -0.39 is 18.0 Å². The molecule has 0 bridgehead atoms. The third kappa shape index (κ3) is 6.05. The van der Waals surface area contributed by atoms with E-state index in [1.165, 1.54) is 6.07 Å². The Morgan fingerprint density at radius 2 is 1.81 bits per heavy atom. The summed E-state index contributed by atoms with van der Waals surface area (Å²) in [4.78, 5) is 24.0. The Bertz CT molecular complexity index is 1090. The Morgan fingerprint density at radius 3 is 2.44 bits per heavy atom. The molecule has 1 aromatic carbocycles. The van der Waals surface area contributed by atoms with Gasteiger partial charge in [-0.05, 0) is 55.7 Å². The lowest BCUT2D eigenvalue weighted by molar-refractivity contribution is -0.144. The van der Waals surface area contributed by atoms with Crippen molar-refractivity contribution in [2.75, 3.05) is 42.6 Å². The summed E-state index contributed by atoms with van der Waals surface area (Å²) in [6, 6.07) is 10.1.